The van der Waals surface area contributed by atoms with Gasteiger partial charge < -0.3 is 20.1 Å². The highest BCUT2D eigenvalue weighted by Gasteiger charge is 2.09. The summed E-state index contributed by atoms with van der Waals surface area (Å²) in [5.41, 5.74) is 3.37. The van der Waals surface area contributed by atoms with Gasteiger partial charge in [0.15, 0.2) is 23.0 Å². The molecule has 0 saturated carbocycles. The Labute approximate surface area is 170 Å². The molecule has 0 unspecified atom stereocenters. The number of nitrogens with one attached hydrogen (secondary N) is 2. The summed E-state index contributed by atoms with van der Waals surface area (Å²) in [6.45, 7) is 2.49. The Kier molecular flexibility index (Phi) is 6.63. The number of aromatic nitrogens is 2. The molecule has 1 heterocycles. The smallest absolute Gasteiger partial charge is 0.271 e. The summed E-state index contributed by atoms with van der Waals surface area (Å²) in [5.74, 6) is 1.66. The van der Waals surface area contributed by atoms with E-state index >= 15 is 0 Å². The largest absolute Gasteiger partial charge is 0.493 e. The zero-order valence-corrected chi connectivity index (χ0v) is 16.7. The standard InChI is InChI=1S/C22H24N4O3/c1-15-5-4-6-17(13-15)24-21-10-8-18(25-26-21)22(27)23-12-11-16-7-9-19(28-2)20(14-16)29-3/h4-10,13-14H,11-12H2,1-3H3,(H,23,27)(H,24,26). The van der Waals surface area contributed by atoms with Crippen molar-refractivity contribution in [2.75, 3.05) is 26.1 Å². The molecule has 2 N–H and O–H groups in total. The van der Waals surface area contributed by atoms with Crippen LogP contribution in [0.2, 0.25) is 0 Å². The number of carbonyl (C=O) groups is 1. The Hall–Kier alpha value is -3.61. The van der Waals surface area contributed by atoms with Crippen LogP contribution in [0.15, 0.2) is 54.6 Å². The molecule has 3 aromatic rings. The number of nitrogens with zero attached hydrogens (tertiary/aromatic N) is 2. The molecule has 0 spiro atoms. The zero-order valence-electron chi connectivity index (χ0n) is 16.7. The zero-order chi connectivity index (χ0) is 20.6. The van der Waals surface area contributed by atoms with E-state index in [1.807, 2.05) is 49.4 Å². The molecule has 150 valence electrons. The first kappa shape index (κ1) is 20.1. The minimum atomic E-state index is -0.264. The lowest BCUT2D eigenvalue weighted by atomic mass is 10.1. The fraction of sp³-hybridized carbons (Fsp3) is 0.227. The molecule has 0 fully saturated rings. The van der Waals surface area contributed by atoms with E-state index in [2.05, 4.69) is 20.8 Å². The molecule has 7 heteroatoms. The van der Waals surface area contributed by atoms with E-state index in [0.29, 0.717) is 30.3 Å². The van der Waals surface area contributed by atoms with Crippen LogP contribution in [-0.2, 0) is 6.42 Å². The molecule has 1 aromatic heterocycles. The summed E-state index contributed by atoms with van der Waals surface area (Å²) in [6.07, 6.45) is 0.659. The van der Waals surface area contributed by atoms with Gasteiger partial charge in [-0.1, -0.05) is 18.2 Å². The van der Waals surface area contributed by atoms with Crippen LogP contribution in [-0.4, -0.2) is 36.9 Å². The third kappa shape index (κ3) is 5.44. The lowest BCUT2D eigenvalue weighted by Crippen LogP contribution is -2.26. The van der Waals surface area contributed by atoms with E-state index in [-0.39, 0.29) is 11.6 Å². The average molecular weight is 392 g/mol. The summed E-state index contributed by atoms with van der Waals surface area (Å²) < 4.78 is 10.5. The number of aryl methyl sites for hydroxylation is 1. The minimum absolute atomic E-state index is 0.264. The second kappa shape index (κ2) is 9.54. The quantitative estimate of drug-likeness (QED) is 0.610. The first-order valence-corrected chi connectivity index (χ1v) is 9.25. The average Bonchev–Trinajstić information content (AvgIpc) is 2.74. The fourth-order valence-electron chi connectivity index (χ4n) is 2.84. The maximum absolute atomic E-state index is 12.3. The van der Waals surface area contributed by atoms with E-state index < -0.39 is 0 Å². The van der Waals surface area contributed by atoms with E-state index in [1.54, 1.807) is 26.4 Å². The first-order valence-electron chi connectivity index (χ1n) is 9.25. The predicted octanol–water partition coefficient (Wildman–Crippen LogP) is 3.52. The maximum atomic E-state index is 12.3. The summed E-state index contributed by atoms with van der Waals surface area (Å²) in [4.78, 5) is 12.3. The molecule has 0 bridgehead atoms. The maximum Gasteiger partial charge on any atom is 0.271 e. The van der Waals surface area contributed by atoms with Gasteiger partial charge in [0, 0.05) is 12.2 Å². The second-order valence-corrected chi connectivity index (χ2v) is 6.49. The summed E-state index contributed by atoms with van der Waals surface area (Å²) in [5, 5.41) is 14.1. The molecular formula is C22H24N4O3. The molecule has 0 radical (unpaired) electrons. The van der Waals surface area contributed by atoms with Crippen molar-refractivity contribution >= 4 is 17.4 Å². The molecule has 2 aromatic carbocycles. The number of anilines is 2. The van der Waals surface area contributed by atoms with Crippen molar-refractivity contribution in [1.82, 2.24) is 15.5 Å². The van der Waals surface area contributed by atoms with Crippen molar-refractivity contribution < 1.29 is 14.3 Å². The number of hydrogen-bond acceptors (Lipinski definition) is 6. The van der Waals surface area contributed by atoms with Gasteiger partial charge in [-0.3, -0.25) is 4.79 Å². The third-order valence-electron chi connectivity index (χ3n) is 4.33. The normalized spacial score (nSPS) is 10.3. The molecule has 7 nitrogen and oxygen atoms in total. The lowest BCUT2D eigenvalue weighted by Gasteiger charge is -2.10. The van der Waals surface area contributed by atoms with Gasteiger partial charge in [0.1, 0.15) is 0 Å². The van der Waals surface area contributed by atoms with Crippen LogP contribution >= 0.6 is 0 Å². The Morgan fingerprint density at radius 3 is 2.48 bits per heavy atom. The third-order valence-corrected chi connectivity index (χ3v) is 4.33. The molecule has 0 aliphatic rings. The topological polar surface area (TPSA) is 85.4 Å². The van der Waals surface area contributed by atoms with Gasteiger partial charge in [0.2, 0.25) is 0 Å². The van der Waals surface area contributed by atoms with E-state index in [4.69, 9.17) is 9.47 Å². The van der Waals surface area contributed by atoms with E-state index in [0.717, 1.165) is 16.8 Å². The van der Waals surface area contributed by atoms with Crippen LogP contribution in [0.3, 0.4) is 0 Å². The molecule has 0 saturated heterocycles. The van der Waals surface area contributed by atoms with Crippen molar-refractivity contribution in [2.45, 2.75) is 13.3 Å². The highest BCUT2D eigenvalue weighted by Crippen LogP contribution is 2.27. The van der Waals surface area contributed by atoms with Crippen LogP contribution in [0.4, 0.5) is 11.5 Å². The fourth-order valence-corrected chi connectivity index (χ4v) is 2.84. The molecule has 3 rings (SSSR count). The highest BCUT2D eigenvalue weighted by molar-refractivity contribution is 5.92. The molecular weight excluding hydrogens is 368 g/mol. The Morgan fingerprint density at radius 1 is 0.966 bits per heavy atom. The van der Waals surface area contributed by atoms with Gasteiger partial charge in [-0.15, -0.1) is 10.2 Å². The number of methoxy groups -OCH3 is 2. The monoisotopic (exact) mass is 392 g/mol. The van der Waals surface area contributed by atoms with Crippen molar-refractivity contribution in [3.05, 3.63) is 71.4 Å². The van der Waals surface area contributed by atoms with Gasteiger partial charge >= 0.3 is 0 Å². The van der Waals surface area contributed by atoms with Crippen molar-refractivity contribution in [3.8, 4) is 11.5 Å². The van der Waals surface area contributed by atoms with Crippen LogP contribution in [0.5, 0.6) is 11.5 Å². The second-order valence-electron chi connectivity index (χ2n) is 6.49. The molecule has 29 heavy (non-hydrogen) atoms. The number of amides is 1. The van der Waals surface area contributed by atoms with Crippen LogP contribution < -0.4 is 20.1 Å². The number of rotatable bonds is 8. The van der Waals surface area contributed by atoms with Gasteiger partial charge in [-0.2, -0.15) is 0 Å². The SMILES string of the molecule is COc1ccc(CCNC(=O)c2ccc(Nc3cccc(C)c3)nn2)cc1OC. The van der Waals surface area contributed by atoms with Crippen LogP contribution in [0.1, 0.15) is 21.6 Å². The number of carbonyl (C=O) groups excluding carboxylic acids is 1. The number of ether oxygens (including phenoxy) is 2. The van der Waals surface area contributed by atoms with Crippen LogP contribution in [0, 0.1) is 6.92 Å². The molecule has 0 aliphatic heterocycles. The number of hydrogen-bond donors (Lipinski definition) is 2. The predicted molar refractivity (Wildman–Crippen MR) is 112 cm³/mol. The molecule has 1 amide bonds. The Balaban J connectivity index is 1.53. The summed E-state index contributed by atoms with van der Waals surface area (Å²) in [7, 11) is 3.19. The van der Waals surface area contributed by atoms with Crippen molar-refractivity contribution in [2.24, 2.45) is 0 Å². The van der Waals surface area contributed by atoms with Gasteiger partial charge in [0.05, 0.1) is 14.2 Å². The lowest BCUT2D eigenvalue weighted by molar-refractivity contribution is 0.0948. The Bertz CT molecular complexity index is 974. The van der Waals surface area contributed by atoms with Gasteiger partial charge in [-0.05, 0) is 60.9 Å². The van der Waals surface area contributed by atoms with Crippen molar-refractivity contribution in [3.63, 3.8) is 0 Å². The first-order chi connectivity index (χ1) is 14.1. The van der Waals surface area contributed by atoms with Gasteiger partial charge in [-0.25, -0.2) is 0 Å². The summed E-state index contributed by atoms with van der Waals surface area (Å²) in [6, 6.07) is 17.0. The van der Waals surface area contributed by atoms with E-state index in [9.17, 15) is 4.79 Å². The van der Waals surface area contributed by atoms with E-state index in [1.165, 1.54) is 0 Å². The summed E-state index contributed by atoms with van der Waals surface area (Å²) >= 11 is 0. The van der Waals surface area contributed by atoms with Crippen molar-refractivity contribution in [1.29, 1.82) is 0 Å². The number of benzene rings is 2. The highest BCUT2D eigenvalue weighted by atomic mass is 16.5. The molecule has 0 aliphatic carbocycles. The Morgan fingerprint density at radius 2 is 1.79 bits per heavy atom. The van der Waals surface area contributed by atoms with Crippen LogP contribution in [0.25, 0.3) is 0 Å². The minimum Gasteiger partial charge on any atom is -0.493 e. The molecule has 0 atom stereocenters. The van der Waals surface area contributed by atoms with Gasteiger partial charge in [0.25, 0.3) is 5.91 Å².